The van der Waals surface area contributed by atoms with Gasteiger partial charge in [0, 0.05) is 6.54 Å². The summed E-state index contributed by atoms with van der Waals surface area (Å²) in [6.45, 7) is 4.04. The van der Waals surface area contributed by atoms with Crippen LogP contribution >= 0.6 is 11.3 Å². The van der Waals surface area contributed by atoms with Crippen molar-refractivity contribution in [2.75, 3.05) is 6.54 Å². The van der Waals surface area contributed by atoms with Crippen LogP contribution in [-0.4, -0.2) is 20.1 Å². The monoisotopic (exact) mass is 277 g/mol. The summed E-state index contributed by atoms with van der Waals surface area (Å²) in [6, 6.07) is 0. The molecule has 0 spiro atoms. The second-order valence-electron chi connectivity index (χ2n) is 3.93. The Hall–Kier alpha value is -0.430. The number of thiophene rings is 1. The predicted octanol–water partition coefficient (Wildman–Crippen LogP) is 2.02. The molecule has 0 radical (unpaired) electrons. The van der Waals surface area contributed by atoms with Crippen LogP contribution in [0.25, 0.3) is 0 Å². The Labute approximate surface area is 107 Å². The van der Waals surface area contributed by atoms with Crippen molar-refractivity contribution in [3.8, 4) is 0 Å². The van der Waals surface area contributed by atoms with Crippen LogP contribution in [0.3, 0.4) is 0 Å². The van der Waals surface area contributed by atoms with Gasteiger partial charge in [0.2, 0.25) is 10.0 Å². The molecule has 0 aliphatic carbocycles. The van der Waals surface area contributed by atoms with Gasteiger partial charge in [0.1, 0.15) is 4.90 Å². The molecule has 98 valence electrons. The SMILES string of the molecule is CCCCCNS(=O)(=O)c1c(C)csc1CO. The molecule has 0 bridgehead atoms. The molecular weight excluding hydrogens is 258 g/mol. The molecule has 0 unspecified atom stereocenters. The summed E-state index contributed by atoms with van der Waals surface area (Å²) in [4.78, 5) is 0.756. The molecule has 0 saturated heterocycles. The van der Waals surface area contributed by atoms with Gasteiger partial charge in [-0.25, -0.2) is 13.1 Å². The van der Waals surface area contributed by atoms with Crippen molar-refractivity contribution in [2.24, 2.45) is 0 Å². The zero-order valence-electron chi connectivity index (χ0n) is 10.2. The number of aryl methyl sites for hydroxylation is 1. The topological polar surface area (TPSA) is 66.4 Å². The van der Waals surface area contributed by atoms with Crippen molar-refractivity contribution in [1.82, 2.24) is 4.72 Å². The maximum atomic E-state index is 12.0. The fourth-order valence-corrected chi connectivity index (χ4v) is 4.34. The number of nitrogens with one attached hydrogen (secondary N) is 1. The third-order valence-corrected chi connectivity index (χ3v) is 5.38. The fraction of sp³-hybridized carbons (Fsp3) is 0.636. The quantitative estimate of drug-likeness (QED) is 0.749. The van der Waals surface area contributed by atoms with E-state index in [4.69, 9.17) is 5.11 Å². The van der Waals surface area contributed by atoms with E-state index in [9.17, 15) is 8.42 Å². The Bertz CT molecular complexity index is 451. The Kier molecular flexibility index (Phi) is 5.58. The van der Waals surface area contributed by atoms with Crippen LogP contribution in [0.5, 0.6) is 0 Å². The number of sulfonamides is 1. The van der Waals surface area contributed by atoms with Gasteiger partial charge in [-0.05, 0) is 24.3 Å². The zero-order valence-corrected chi connectivity index (χ0v) is 11.8. The Balaban J connectivity index is 2.78. The molecule has 1 heterocycles. The molecule has 1 rings (SSSR count). The van der Waals surface area contributed by atoms with Gasteiger partial charge in [-0.2, -0.15) is 0 Å². The molecule has 0 atom stereocenters. The molecule has 0 saturated carbocycles. The largest absolute Gasteiger partial charge is 0.391 e. The first-order valence-corrected chi connectivity index (χ1v) is 8.06. The molecule has 17 heavy (non-hydrogen) atoms. The van der Waals surface area contributed by atoms with Gasteiger partial charge < -0.3 is 5.11 Å². The molecule has 0 aliphatic heterocycles. The summed E-state index contributed by atoms with van der Waals surface area (Å²) in [6.07, 6.45) is 2.91. The first-order valence-electron chi connectivity index (χ1n) is 5.70. The molecule has 0 amide bonds. The van der Waals surface area contributed by atoms with Crippen LogP contribution < -0.4 is 4.72 Å². The van der Waals surface area contributed by atoms with Crippen molar-refractivity contribution in [3.05, 3.63) is 15.8 Å². The highest BCUT2D eigenvalue weighted by molar-refractivity contribution is 7.89. The number of aliphatic hydroxyl groups is 1. The normalized spacial score (nSPS) is 11.9. The first kappa shape index (κ1) is 14.6. The summed E-state index contributed by atoms with van der Waals surface area (Å²) in [5.41, 5.74) is 0.696. The number of rotatable bonds is 7. The fourth-order valence-electron chi connectivity index (χ4n) is 1.61. The van der Waals surface area contributed by atoms with Gasteiger partial charge in [0.05, 0.1) is 11.5 Å². The Morgan fingerprint density at radius 1 is 1.41 bits per heavy atom. The van der Waals surface area contributed by atoms with Crippen LogP contribution in [0, 0.1) is 6.92 Å². The molecule has 0 aliphatic rings. The highest BCUT2D eigenvalue weighted by atomic mass is 32.2. The van der Waals surface area contributed by atoms with Gasteiger partial charge in [-0.15, -0.1) is 11.3 Å². The average molecular weight is 277 g/mol. The van der Waals surface area contributed by atoms with E-state index in [-0.39, 0.29) is 11.5 Å². The van der Waals surface area contributed by atoms with Gasteiger partial charge in [-0.1, -0.05) is 19.8 Å². The predicted molar refractivity (Wildman–Crippen MR) is 69.7 cm³/mol. The molecule has 1 aromatic heterocycles. The number of unbranched alkanes of at least 4 members (excludes halogenated alkanes) is 2. The third kappa shape index (κ3) is 3.77. The van der Waals surface area contributed by atoms with Gasteiger partial charge in [0.25, 0.3) is 0 Å². The standard InChI is InChI=1S/C11H19NO3S2/c1-3-4-5-6-12-17(14,15)11-9(2)8-16-10(11)7-13/h8,12-13H,3-7H2,1-2H3. The Morgan fingerprint density at radius 2 is 2.12 bits per heavy atom. The molecule has 6 heteroatoms. The minimum Gasteiger partial charge on any atom is -0.391 e. The minimum absolute atomic E-state index is 0.232. The van der Waals surface area contributed by atoms with Crippen LogP contribution in [0.4, 0.5) is 0 Å². The highest BCUT2D eigenvalue weighted by Gasteiger charge is 2.21. The van der Waals surface area contributed by atoms with E-state index in [1.165, 1.54) is 11.3 Å². The lowest BCUT2D eigenvalue weighted by atomic mass is 10.3. The minimum atomic E-state index is -3.47. The molecular formula is C11H19NO3S2. The molecule has 2 N–H and O–H groups in total. The van der Waals surface area contributed by atoms with Gasteiger partial charge in [-0.3, -0.25) is 0 Å². The maximum Gasteiger partial charge on any atom is 0.242 e. The van der Waals surface area contributed by atoms with Crippen molar-refractivity contribution in [3.63, 3.8) is 0 Å². The van der Waals surface area contributed by atoms with E-state index >= 15 is 0 Å². The number of hydrogen-bond acceptors (Lipinski definition) is 4. The van der Waals surface area contributed by atoms with Crippen molar-refractivity contribution < 1.29 is 13.5 Å². The number of aliphatic hydroxyl groups excluding tert-OH is 1. The first-order chi connectivity index (χ1) is 8.03. The zero-order chi connectivity index (χ0) is 12.9. The summed E-state index contributed by atoms with van der Waals surface area (Å²) >= 11 is 1.28. The van der Waals surface area contributed by atoms with E-state index in [1.54, 1.807) is 12.3 Å². The lowest BCUT2D eigenvalue weighted by Crippen LogP contribution is -2.25. The molecule has 0 fully saturated rings. The molecule has 0 aromatic carbocycles. The second kappa shape index (κ2) is 6.49. The summed E-state index contributed by atoms with van der Waals surface area (Å²) in [5, 5.41) is 10.9. The highest BCUT2D eigenvalue weighted by Crippen LogP contribution is 2.26. The van der Waals surface area contributed by atoms with Crippen molar-refractivity contribution in [1.29, 1.82) is 0 Å². The molecule has 4 nitrogen and oxygen atoms in total. The van der Waals surface area contributed by atoms with Gasteiger partial charge >= 0.3 is 0 Å². The third-order valence-electron chi connectivity index (χ3n) is 2.47. The lowest BCUT2D eigenvalue weighted by Gasteiger charge is -2.07. The number of hydrogen-bond donors (Lipinski definition) is 2. The average Bonchev–Trinajstić information content (AvgIpc) is 2.66. The van der Waals surface area contributed by atoms with Crippen LogP contribution in [0.2, 0.25) is 0 Å². The summed E-state index contributed by atoms with van der Waals surface area (Å²) in [5.74, 6) is 0. The van der Waals surface area contributed by atoms with E-state index in [0.29, 0.717) is 17.0 Å². The van der Waals surface area contributed by atoms with E-state index < -0.39 is 10.0 Å². The van der Waals surface area contributed by atoms with Crippen LogP contribution in [0.15, 0.2) is 10.3 Å². The molecule has 1 aromatic rings. The van der Waals surface area contributed by atoms with E-state index in [1.807, 2.05) is 0 Å². The van der Waals surface area contributed by atoms with Crippen LogP contribution in [-0.2, 0) is 16.6 Å². The van der Waals surface area contributed by atoms with Crippen molar-refractivity contribution in [2.45, 2.75) is 44.6 Å². The van der Waals surface area contributed by atoms with Gasteiger partial charge in [0.15, 0.2) is 0 Å². The lowest BCUT2D eigenvalue weighted by molar-refractivity contribution is 0.282. The van der Waals surface area contributed by atoms with E-state index in [2.05, 4.69) is 11.6 Å². The summed E-state index contributed by atoms with van der Waals surface area (Å²) in [7, 11) is -3.47. The Morgan fingerprint density at radius 3 is 2.71 bits per heavy atom. The van der Waals surface area contributed by atoms with Crippen molar-refractivity contribution >= 4 is 21.4 Å². The second-order valence-corrected chi connectivity index (χ2v) is 6.60. The van der Waals surface area contributed by atoms with E-state index in [0.717, 1.165) is 19.3 Å². The summed E-state index contributed by atoms with van der Waals surface area (Å²) < 4.78 is 26.7. The smallest absolute Gasteiger partial charge is 0.242 e. The van der Waals surface area contributed by atoms with Crippen LogP contribution in [0.1, 0.15) is 36.6 Å². The maximum absolute atomic E-state index is 12.0.